The van der Waals surface area contributed by atoms with Crippen LogP contribution >= 0.6 is 15.9 Å². The number of anilines is 1. The molecule has 24 heavy (non-hydrogen) atoms. The van der Waals surface area contributed by atoms with E-state index in [-0.39, 0.29) is 11.4 Å². The first kappa shape index (κ1) is 18.3. The zero-order valence-electron chi connectivity index (χ0n) is 12.1. The third kappa shape index (κ3) is 4.70. The van der Waals surface area contributed by atoms with Gasteiger partial charge >= 0.3 is 12.3 Å². The van der Waals surface area contributed by atoms with E-state index >= 15 is 0 Å². The summed E-state index contributed by atoms with van der Waals surface area (Å²) in [6.45, 7) is -1.49. The van der Waals surface area contributed by atoms with Gasteiger partial charge in [-0.05, 0) is 30.3 Å². The van der Waals surface area contributed by atoms with Gasteiger partial charge in [0.25, 0.3) is 5.91 Å². The number of nitrogens with one attached hydrogen (secondary N) is 1. The minimum Gasteiger partial charge on any atom is -0.485 e. The molecule has 0 atom stereocenters. The predicted molar refractivity (Wildman–Crippen MR) is 85.0 cm³/mol. The molecule has 1 amide bonds. The van der Waals surface area contributed by atoms with E-state index in [1.807, 2.05) is 0 Å². The molecule has 0 saturated carbocycles. The fourth-order valence-electron chi connectivity index (χ4n) is 1.76. The predicted octanol–water partition coefficient (Wildman–Crippen LogP) is 4.98. The average molecular weight is 406 g/mol. The van der Waals surface area contributed by atoms with E-state index in [9.17, 15) is 22.4 Å². The summed E-state index contributed by atoms with van der Waals surface area (Å²) in [5.41, 5.74) is 0.435. The second-order valence-electron chi connectivity index (χ2n) is 4.81. The lowest BCUT2D eigenvalue weighted by Crippen LogP contribution is -2.33. The Kier molecular flexibility index (Phi) is 5.82. The van der Waals surface area contributed by atoms with E-state index in [0.717, 1.165) is 0 Å². The molecular formula is C16H12BrF4NO2. The minimum absolute atomic E-state index is 0.104. The van der Waals surface area contributed by atoms with Gasteiger partial charge in [0.1, 0.15) is 5.75 Å². The topological polar surface area (TPSA) is 38.3 Å². The molecule has 0 spiro atoms. The molecule has 0 aliphatic rings. The number of alkyl halides is 4. The smallest absolute Gasteiger partial charge is 0.340 e. The van der Waals surface area contributed by atoms with Crippen molar-refractivity contribution >= 4 is 27.5 Å². The van der Waals surface area contributed by atoms with E-state index in [2.05, 4.69) is 21.2 Å². The van der Waals surface area contributed by atoms with Crippen molar-refractivity contribution in [1.82, 2.24) is 0 Å². The molecule has 0 bridgehead atoms. The van der Waals surface area contributed by atoms with E-state index in [1.54, 1.807) is 30.3 Å². The average Bonchev–Trinajstić information content (AvgIpc) is 2.54. The van der Waals surface area contributed by atoms with Gasteiger partial charge in [-0.15, -0.1) is 0 Å². The van der Waals surface area contributed by atoms with Gasteiger partial charge in [0.05, 0.1) is 5.69 Å². The third-order valence-corrected chi connectivity index (χ3v) is 3.45. The van der Waals surface area contributed by atoms with Crippen molar-refractivity contribution in [2.45, 2.75) is 12.3 Å². The van der Waals surface area contributed by atoms with Crippen LogP contribution in [0.3, 0.4) is 0 Å². The van der Waals surface area contributed by atoms with Crippen molar-refractivity contribution < 1.29 is 27.1 Å². The minimum atomic E-state index is -4.28. The largest absolute Gasteiger partial charge is 0.485 e. The maximum atomic E-state index is 13.0. The van der Waals surface area contributed by atoms with Gasteiger partial charge in [-0.25, -0.2) is 8.78 Å². The van der Waals surface area contributed by atoms with Crippen LogP contribution in [-0.4, -0.2) is 24.9 Å². The van der Waals surface area contributed by atoms with E-state index in [4.69, 9.17) is 4.74 Å². The molecule has 128 valence electrons. The molecule has 0 unspecified atom stereocenters. The maximum absolute atomic E-state index is 13.0. The number of hydrogen-bond acceptors (Lipinski definition) is 2. The summed E-state index contributed by atoms with van der Waals surface area (Å²) in [5.74, 6) is -4.89. The molecule has 0 aliphatic carbocycles. The normalized spacial score (nSPS) is 11.4. The van der Waals surface area contributed by atoms with Crippen LogP contribution in [0.4, 0.5) is 23.2 Å². The van der Waals surface area contributed by atoms with Gasteiger partial charge in [-0.3, -0.25) is 4.79 Å². The Morgan fingerprint density at radius 2 is 1.88 bits per heavy atom. The highest BCUT2D eigenvalue weighted by Crippen LogP contribution is 2.29. The quantitative estimate of drug-likeness (QED) is 0.688. The first-order chi connectivity index (χ1) is 11.3. The molecule has 3 nitrogen and oxygen atoms in total. The van der Waals surface area contributed by atoms with Crippen molar-refractivity contribution in [3.05, 3.63) is 58.6 Å². The Balaban J connectivity index is 2.13. The molecule has 0 fully saturated rings. The van der Waals surface area contributed by atoms with Crippen molar-refractivity contribution in [2.24, 2.45) is 0 Å². The van der Waals surface area contributed by atoms with Crippen molar-refractivity contribution in [2.75, 3.05) is 11.9 Å². The lowest BCUT2D eigenvalue weighted by atomic mass is 10.2. The summed E-state index contributed by atoms with van der Waals surface area (Å²) in [6, 6.07) is 12.3. The Labute approximate surface area is 143 Å². The van der Waals surface area contributed by atoms with Crippen LogP contribution in [0.5, 0.6) is 5.75 Å². The van der Waals surface area contributed by atoms with Gasteiger partial charge in [0, 0.05) is 10.0 Å². The van der Waals surface area contributed by atoms with Crippen LogP contribution < -0.4 is 10.1 Å². The van der Waals surface area contributed by atoms with Crippen molar-refractivity contribution in [3.8, 4) is 5.75 Å². The highest BCUT2D eigenvalue weighted by molar-refractivity contribution is 9.10. The monoisotopic (exact) mass is 405 g/mol. The Morgan fingerprint density at radius 1 is 1.17 bits per heavy atom. The van der Waals surface area contributed by atoms with Crippen LogP contribution in [0.25, 0.3) is 0 Å². The Bertz CT molecular complexity index is 725. The molecule has 0 heterocycles. The number of halogens is 5. The third-order valence-electron chi connectivity index (χ3n) is 2.96. The van der Waals surface area contributed by atoms with Crippen molar-refractivity contribution in [3.63, 3.8) is 0 Å². The second-order valence-corrected chi connectivity index (χ2v) is 5.73. The van der Waals surface area contributed by atoms with Crippen LogP contribution in [0.2, 0.25) is 0 Å². The fraction of sp³-hybridized carbons (Fsp3) is 0.188. The molecule has 0 aromatic heterocycles. The number of carbonyl (C=O) groups excluding carboxylic acids is 1. The molecule has 8 heteroatoms. The maximum Gasteiger partial charge on any atom is 0.340 e. The number of carbonyl (C=O) groups is 1. The van der Waals surface area contributed by atoms with Gasteiger partial charge in [-0.1, -0.05) is 34.1 Å². The van der Waals surface area contributed by atoms with E-state index < -0.39 is 24.9 Å². The zero-order valence-corrected chi connectivity index (χ0v) is 13.7. The molecule has 0 radical (unpaired) electrons. The van der Waals surface area contributed by atoms with Crippen molar-refractivity contribution in [1.29, 1.82) is 0 Å². The van der Waals surface area contributed by atoms with Gasteiger partial charge in [-0.2, -0.15) is 8.78 Å². The summed E-state index contributed by atoms with van der Waals surface area (Å²) in [4.78, 5) is 12.2. The molecule has 2 aromatic rings. The number of ether oxygens (including phenoxy) is 1. The lowest BCUT2D eigenvalue weighted by molar-refractivity contribution is -0.148. The molecule has 2 rings (SSSR count). The van der Waals surface area contributed by atoms with Gasteiger partial charge < -0.3 is 10.1 Å². The molecule has 2 aromatic carbocycles. The van der Waals surface area contributed by atoms with Gasteiger partial charge in [0.2, 0.25) is 0 Å². The van der Waals surface area contributed by atoms with Crippen LogP contribution in [0, 0.1) is 0 Å². The van der Waals surface area contributed by atoms with E-state index in [0.29, 0.717) is 10.0 Å². The van der Waals surface area contributed by atoms with Gasteiger partial charge in [0.15, 0.2) is 6.61 Å². The first-order valence-corrected chi connectivity index (χ1v) is 7.53. The number of hydrogen-bond donors (Lipinski definition) is 1. The van der Waals surface area contributed by atoms with Crippen LogP contribution in [0.1, 0.15) is 10.4 Å². The Hall–Kier alpha value is -2.09. The molecule has 0 saturated heterocycles. The summed E-state index contributed by atoms with van der Waals surface area (Å²) in [5, 5.41) is 2.50. The summed E-state index contributed by atoms with van der Waals surface area (Å²) < 4.78 is 55.8. The summed E-state index contributed by atoms with van der Waals surface area (Å²) in [7, 11) is 0. The summed E-state index contributed by atoms with van der Waals surface area (Å²) >= 11 is 3.23. The van der Waals surface area contributed by atoms with E-state index in [1.165, 1.54) is 18.2 Å². The number of benzene rings is 2. The van der Waals surface area contributed by atoms with Crippen LogP contribution in [-0.2, 0) is 0 Å². The number of para-hydroxylation sites is 2. The zero-order chi connectivity index (χ0) is 17.7. The lowest BCUT2D eigenvalue weighted by Gasteiger charge is -2.18. The Morgan fingerprint density at radius 3 is 2.54 bits per heavy atom. The first-order valence-electron chi connectivity index (χ1n) is 6.74. The second kappa shape index (κ2) is 7.65. The molecule has 0 aliphatic heterocycles. The standard InChI is InChI=1S/C16H12BrF4NO2/c17-11-5-3-4-10(8-11)14(23)22-12-6-1-2-7-13(12)24-9-16(20,21)15(18)19/h1-8,15H,9H2,(H,22,23). The number of rotatable bonds is 6. The SMILES string of the molecule is O=C(Nc1ccccc1OCC(F)(F)C(F)F)c1cccc(Br)c1. The van der Waals surface area contributed by atoms with Crippen LogP contribution in [0.15, 0.2) is 53.0 Å². The highest BCUT2D eigenvalue weighted by Gasteiger charge is 2.41. The molecule has 1 N–H and O–H groups in total. The summed E-state index contributed by atoms with van der Waals surface area (Å²) in [6.07, 6.45) is -3.83. The fourth-order valence-corrected chi connectivity index (χ4v) is 2.16. The molecular weight excluding hydrogens is 394 g/mol. The number of amides is 1. The highest BCUT2D eigenvalue weighted by atomic mass is 79.9.